The number of hydrogen-bond donors (Lipinski definition) is 1. The Hall–Kier alpha value is -0.900. The van der Waals surface area contributed by atoms with Crippen molar-refractivity contribution in [3.8, 4) is 0 Å². The molecule has 4 heteroatoms. The highest BCUT2D eigenvalue weighted by molar-refractivity contribution is 5.02. The van der Waals surface area contributed by atoms with Crippen molar-refractivity contribution < 1.29 is 0 Å². The van der Waals surface area contributed by atoms with Gasteiger partial charge in [0, 0.05) is 25.4 Å². The number of nitrogens with two attached hydrogens (primary N) is 1. The van der Waals surface area contributed by atoms with Gasteiger partial charge in [0.2, 0.25) is 0 Å². The van der Waals surface area contributed by atoms with Crippen LogP contribution in [0.15, 0.2) is 0 Å². The van der Waals surface area contributed by atoms with Gasteiger partial charge < -0.3 is 10.3 Å². The van der Waals surface area contributed by atoms with E-state index >= 15 is 0 Å². The Labute approximate surface area is 78.1 Å². The highest BCUT2D eigenvalue weighted by atomic mass is 15.3. The summed E-state index contributed by atoms with van der Waals surface area (Å²) in [6, 6.07) is 0.439. The van der Waals surface area contributed by atoms with Crippen LogP contribution in [0.5, 0.6) is 0 Å². The highest BCUT2D eigenvalue weighted by Gasteiger charge is 2.22. The van der Waals surface area contributed by atoms with E-state index in [0.29, 0.717) is 12.6 Å². The lowest BCUT2D eigenvalue weighted by Gasteiger charge is -2.24. The molecule has 2 rings (SSSR count). The predicted octanol–water partition coefficient (Wildman–Crippen LogP) is 0.677. The summed E-state index contributed by atoms with van der Waals surface area (Å²) >= 11 is 0. The number of hydrogen-bond acceptors (Lipinski definition) is 3. The van der Waals surface area contributed by atoms with Crippen molar-refractivity contribution in [1.82, 2.24) is 14.8 Å². The van der Waals surface area contributed by atoms with Crippen LogP contribution in [0.1, 0.15) is 37.5 Å². The molecule has 0 fully saturated rings. The zero-order valence-electron chi connectivity index (χ0n) is 8.03. The molecule has 0 amide bonds. The Morgan fingerprint density at radius 1 is 1.54 bits per heavy atom. The fourth-order valence-corrected chi connectivity index (χ4v) is 2.04. The number of aromatic nitrogens is 3. The van der Waals surface area contributed by atoms with Crippen LogP contribution >= 0.6 is 0 Å². The van der Waals surface area contributed by atoms with Gasteiger partial charge in [-0.2, -0.15) is 0 Å². The van der Waals surface area contributed by atoms with Gasteiger partial charge in [-0.25, -0.2) is 0 Å². The van der Waals surface area contributed by atoms with E-state index in [2.05, 4.69) is 21.7 Å². The van der Waals surface area contributed by atoms with Crippen LogP contribution in [0.4, 0.5) is 0 Å². The average molecular weight is 180 g/mol. The number of nitrogens with zero attached hydrogens (tertiary/aromatic N) is 3. The van der Waals surface area contributed by atoms with Crippen LogP contribution in [0.2, 0.25) is 0 Å². The Balaban J connectivity index is 2.39. The summed E-state index contributed by atoms with van der Waals surface area (Å²) in [6.45, 7) is 2.82. The quantitative estimate of drug-likeness (QED) is 0.728. The molecule has 0 aliphatic carbocycles. The lowest BCUT2D eigenvalue weighted by atomic mass is 10.0. The summed E-state index contributed by atoms with van der Waals surface area (Å²) in [5, 5.41) is 8.36. The van der Waals surface area contributed by atoms with Gasteiger partial charge in [0.05, 0.1) is 0 Å². The second-order valence-corrected chi connectivity index (χ2v) is 3.54. The summed E-state index contributed by atoms with van der Waals surface area (Å²) in [4.78, 5) is 0. The zero-order valence-corrected chi connectivity index (χ0v) is 8.03. The van der Waals surface area contributed by atoms with Gasteiger partial charge in [-0.1, -0.05) is 6.92 Å². The molecule has 0 saturated carbocycles. The van der Waals surface area contributed by atoms with Crippen molar-refractivity contribution in [2.24, 2.45) is 5.73 Å². The molecule has 0 aromatic carbocycles. The summed E-state index contributed by atoms with van der Waals surface area (Å²) in [7, 11) is 0. The third-order valence-corrected chi connectivity index (χ3v) is 2.73. The van der Waals surface area contributed by atoms with Crippen LogP contribution in [0.3, 0.4) is 0 Å². The molecule has 2 N–H and O–H groups in total. The molecule has 0 radical (unpaired) electrons. The van der Waals surface area contributed by atoms with E-state index in [9.17, 15) is 0 Å². The van der Waals surface area contributed by atoms with Crippen molar-refractivity contribution in [2.45, 2.75) is 38.6 Å². The first-order valence-corrected chi connectivity index (χ1v) is 4.99. The van der Waals surface area contributed by atoms with Crippen molar-refractivity contribution in [2.75, 3.05) is 6.54 Å². The van der Waals surface area contributed by atoms with Crippen LogP contribution in [0, 0.1) is 0 Å². The van der Waals surface area contributed by atoms with Crippen molar-refractivity contribution in [3.05, 3.63) is 11.6 Å². The van der Waals surface area contributed by atoms with E-state index in [1.54, 1.807) is 0 Å². The molecule has 1 unspecified atom stereocenters. The van der Waals surface area contributed by atoms with Gasteiger partial charge in [0.1, 0.15) is 11.6 Å². The highest BCUT2D eigenvalue weighted by Crippen LogP contribution is 2.24. The zero-order chi connectivity index (χ0) is 9.26. The molecular formula is C9H16N4. The largest absolute Gasteiger partial charge is 0.328 e. The normalized spacial score (nSPS) is 21.5. The molecule has 1 aliphatic heterocycles. The van der Waals surface area contributed by atoms with Gasteiger partial charge in [-0.15, -0.1) is 10.2 Å². The Morgan fingerprint density at radius 2 is 2.38 bits per heavy atom. The monoisotopic (exact) mass is 180 g/mol. The van der Waals surface area contributed by atoms with E-state index < -0.39 is 0 Å². The van der Waals surface area contributed by atoms with E-state index in [-0.39, 0.29) is 0 Å². The summed E-state index contributed by atoms with van der Waals surface area (Å²) in [5.74, 6) is 2.21. The predicted molar refractivity (Wildman–Crippen MR) is 50.4 cm³/mol. The van der Waals surface area contributed by atoms with Gasteiger partial charge in [0.25, 0.3) is 0 Å². The Kier molecular flexibility index (Phi) is 2.31. The van der Waals surface area contributed by atoms with E-state index in [1.807, 2.05) is 0 Å². The minimum absolute atomic E-state index is 0.439. The van der Waals surface area contributed by atoms with Gasteiger partial charge in [0.15, 0.2) is 0 Å². The number of fused-ring (bicyclic) bond motifs is 1. The molecule has 1 atom stereocenters. The fourth-order valence-electron chi connectivity index (χ4n) is 2.04. The molecule has 4 nitrogen and oxygen atoms in total. The second kappa shape index (κ2) is 3.46. The molecule has 0 saturated heterocycles. The summed E-state index contributed by atoms with van der Waals surface area (Å²) in [6.07, 6.45) is 4.38. The average Bonchev–Trinajstić information content (AvgIpc) is 2.60. The fraction of sp³-hybridized carbons (Fsp3) is 0.778. The molecule has 13 heavy (non-hydrogen) atoms. The third kappa shape index (κ3) is 1.35. The number of aryl methyl sites for hydroxylation is 2. The lowest BCUT2D eigenvalue weighted by molar-refractivity contribution is 0.394. The van der Waals surface area contributed by atoms with E-state index in [4.69, 9.17) is 5.73 Å². The minimum atomic E-state index is 0.439. The van der Waals surface area contributed by atoms with Gasteiger partial charge in [-0.3, -0.25) is 0 Å². The van der Waals surface area contributed by atoms with E-state index in [1.165, 1.54) is 12.8 Å². The summed E-state index contributed by atoms with van der Waals surface area (Å²) < 4.78 is 2.24. The van der Waals surface area contributed by atoms with Crippen LogP contribution < -0.4 is 5.73 Å². The standard InChI is InChI=1S/C9H16N4/c1-2-8-11-12-9-5-3-4-7(6-10)13(8)9/h7H,2-6,10H2,1H3. The molecule has 1 aliphatic rings. The first-order chi connectivity index (χ1) is 6.36. The van der Waals surface area contributed by atoms with E-state index in [0.717, 1.165) is 24.5 Å². The Morgan fingerprint density at radius 3 is 3.08 bits per heavy atom. The van der Waals surface area contributed by atoms with Crippen molar-refractivity contribution >= 4 is 0 Å². The Bertz CT molecular complexity index is 278. The molecule has 0 spiro atoms. The van der Waals surface area contributed by atoms with Gasteiger partial charge in [-0.05, 0) is 12.8 Å². The first kappa shape index (κ1) is 8.69. The lowest BCUT2D eigenvalue weighted by Crippen LogP contribution is -2.26. The summed E-state index contributed by atoms with van der Waals surface area (Å²) in [5.41, 5.74) is 5.72. The molecule has 0 bridgehead atoms. The van der Waals surface area contributed by atoms with Crippen molar-refractivity contribution in [1.29, 1.82) is 0 Å². The molecule has 72 valence electrons. The molecular weight excluding hydrogens is 164 g/mol. The maximum absolute atomic E-state index is 5.72. The molecule has 2 heterocycles. The SMILES string of the molecule is CCc1nnc2n1C(CN)CCC2. The molecule has 1 aromatic rings. The first-order valence-electron chi connectivity index (χ1n) is 4.99. The number of rotatable bonds is 2. The topological polar surface area (TPSA) is 56.7 Å². The van der Waals surface area contributed by atoms with Crippen molar-refractivity contribution in [3.63, 3.8) is 0 Å². The minimum Gasteiger partial charge on any atom is -0.328 e. The van der Waals surface area contributed by atoms with Crippen LogP contribution in [0.25, 0.3) is 0 Å². The van der Waals surface area contributed by atoms with Crippen LogP contribution in [-0.4, -0.2) is 21.3 Å². The second-order valence-electron chi connectivity index (χ2n) is 3.54. The van der Waals surface area contributed by atoms with Crippen LogP contribution in [-0.2, 0) is 12.8 Å². The maximum Gasteiger partial charge on any atom is 0.133 e. The maximum atomic E-state index is 5.72. The third-order valence-electron chi connectivity index (χ3n) is 2.73. The smallest absolute Gasteiger partial charge is 0.133 e. The van der Waals surface area contributed by atoms with Gasteiger partial charge >= 0.3 is 0 Å². The molecule has 1 aromatic heterocycles.